The first-order chi connectivity index (χ1) is 17.3. The van der Waals surface area contributed by atoms with Crippen LogP contribution in [-0.2, 0) is 0 Å². The summed E-state index contributed by atoms with van der Waals surface area (Å²) in [6, 6.07) is 22.4. The van der Waals surface area contributed by atoms with E-state index in [9.17, 15) is 0 Å². The number of aromatic nitrogens is 3. The van der Waals surface area contributed by atoms with Crippen LogP contribution in [0, 0.1) is 0 Å². The van der Waals surface area contributed by atoms with Crippen LogP contribution >= 0.6 is 12.2 Å². The number of nitrogens with one attached hydrogen (secondary N) is 1. The van der Waals surface area contributed by atoms with Crippen molar-refractivity contribution < 1.29 is 4.74 Å². The van der Waals surface area contributed by atoms with Crippen LogP contribution in [0.1, 0.15) is 49.2 Å². The van der Waals surface area contributed by atoms with E-state index in [1.165, 1.54) is 12.8 Å². The third-order valence-corrected chi connectivity index (χ3v) is 7.16. The molecule has 1 aromatic carbocycles. The summed E-state index contributed by atoms with van der Waals surface area (Å²) >= 11 is 5.90. The fourth-order valence-corrected chi connectivity index (χ4v) is 5.54. The molecule has 1 N–H and O–H groups in total. The predicted molar refractivity (Wildman–Crippen MR) is 141 cm³/mol. The van der Waals surface area contributed by atoms with Crippen molar-refractivity contribution in [3.63, 3.8) is 0 Å². The van der Waals surface area contributed by atoms with Crippen LogP contribution in [0.5, 0.6) is 5.75 Å². The van der Waals surface area contributed by atoms with Crippen molar-refractivity contribution in [2.24, 2.45) is 0 Å². The molecule has 0 bridgehead atoms. The summed E-state index contributed by atoms with van der Waals surface area (Å²) in [4.78, 5) is 11.1. The molecule has 1 aliphatic heterocycles. The monoisotopic (exact) mass is 481 g/mol. The second-order valence-corrected chi connectivity index (χ2v) is 9.41. The summed E-state index contributed by atoms with van der Waals surface area (Å²) in [5, 5.41) is 4.23. The Morgan fingerprint density at radius 3 is 2.40 bits per heavy atom. The first-order valence-corrected chi connectivity index (χ1v) is 12.5. The smallest absolute Gasteiger partial charge is 0.174 e. The Morgan fingerprint density at radius 2 is 1.66 bits per heavy atom. The molecule has 0 radical (unpaired) electrons. The van der Waals surface area contributed by atoms with Gasteiger partial charge in [-0.05, 0) is 98.6 Å². The van der Waals surface area contributed by atoms with Gasteiger partial charge in [0.05, 0.1) is 17.8 Å². The van der Waals surface area contributed by atoms with Gasteiger partial charge in [-0.3, -0.25) is 9.97 Å². The van der Waals surface area contributed by atoms with Gasteiger partial charge in [0.25, 0.3) is 0 Å². The lowest BCUT2D eigenvalue weighted by atomic mass is 10.0. The Hall–Kier alpha value is -3.71. The zero-order chi connectivity index (χ0) is 23.6. The fraction of sp³-hybridized carbons (Fsp3) is 0.250. The lowest BCUT2D eigenvalue weighted by Gasteiger charge is -2.29. The predicted octanol–water partition coefficient (Wildman–Crippen LogP) is 5.77. The van der Waals surface area contributed by atoms with E-state index in [1.807, 2.05) is 42.9 Å². The Labute approximate surface area is 210 Å². The Bertz CT molecular complexity index is 1290. The molecule has 1 aliphatic carbocycles. The van der Waals surface area contributed by atoms with Crippen molar-refractivity contribution in [2.75, 3.05) is 4.90 Å². The molecule has 7 heteroatoms. The van der Waals surface area contributed by atoms with E-state index < -0.39 is 0 Å². The maximum Gasteiger partial charge on any atom is 0.174 e. The van der Waals surface area contributed by atoms with E-state index in [0.717, 1.165) is 41.4 Å². The average molecular weight is 482 g/mol. The molecule has 6 nitrogen and oxygen atoms in total. The van der Waals surface area contributed by atoms with Gasteiger partial charge in [-0.2, -0.15) is 0 Å². The lowest BCUT2D eigenvalue weighted by Crippen LogP contribution is -2.30. The van der Waals surface area contributed by atoms with Crippen LogP contribution in [0.15, 0.2) is 91.5 Å². The van der Waals surface area contributed by atoms with Crippen LogP contribution < -0.4 is 15.0 Å². The quantitative estimate of drug-likeness (QED) is 0.353. The summed E-state index contributed by atoms with van der Waals surface area (Å²) in [7, 11) is 0. The molecule has 4 aromatic rings. The molecule has 2 unspecified atom stereocenters. The topological polar surface area (TPSA) is 55.2 Å². The van der Waals surface area contributed by atoms with E-state index >= 15 is 0 Å². The molecule has 1 saturated carbocycles. The van der Waals surface area contributed by atoms with Crippen molar-refractivity contribution in [1.29, 1.82) is 0 Å². The lowest BCUT2D eigenvalue weighted by molar-refractivity contribution is 0.210. The van der Waals surface area contributed by atoms with Gasteiger partial charge in [0.2, 0.25) is 0 Å². The summed E-state index contributed by atoms with van der Waals surface area (Å²) in [6.07, 6.45) is 12.7. The Kier molecular flexibility index (Phi) is 5.92. The van der Waals surface area contributed by atoms with Crippen LogP contribution in [0.4, 0.5) is 5.69 Å². The van der Waals surface area contributed by atoms with Gasteiger partial charge in [0.15, 0.2) is 5.11 Å². The minimum absolute atomic E-state index is 0.0952. The molecule has 0 spiro atoms. The minimum atomic E-state index is -0.103. The van der Waals surface area contributed by atoms with Crippen molar-refractivity contribution in [3.8, 4) is 11.4 Å². The van der Waals surface area contributed by atoms with E-state index in [1.54, 1.807) is 0 Å². The van der Waals surface area contributed by atoms with Gasteiger partial charge in [-0.15, -0.1) is 0 Å². The van der Waals surface area contributed by atoms with Gasteiger partial charge in [-0.25, -0.2) is 0 Å². The highest BCUT2D eigenvalue weighted by molar-refractivity contribution is 7.80. The number of rotatable bonds is 6. The van der Waals surface area contributed by atoms with Crippen molar-refractivity contribution in [3.05, 3.63) is 103 Å². The van der Waals surface area contributed by atoms with Gasteiger partial charge < -0.3 is 19.5 Å². The first-order valence-electron chi connectivity index (χ1n) is 12.1. The maximum atomic E-state index is 6.20. The van der Waals surface area contributed by atoms with E-state index in [0.29, 0.717) is 11.2 Å². The molecule has 4 heterocycles. The summed E-state index contributed by atoms with van der Waals surface area (Å²) < 4.78 is 8.40. The average Bonchev–Trinajstić information content (AvgIpc) is 3.66. The normalized spacial score (nSPS) is 20.2. The van der Waals surface area contributed by atoms with Crippen LogP contribution in [-0.4, -0.2) is 25.8 Å². The second kappa shape index (κ2) is 9.50. The maximum absolute atomic E-state index is 6.20. The molecule has 1 saturated heterocycles. The van der Waals surface area contributed by atoms with Crippen molar-refractivity contribution in [2.45, 2.75) is 43.9 Å². The number of thiocarbonyl (C=S) groups is 1. The molecule has 0 amide bonds. The number of pyridine rings is 2. The van der Waals surface area contributed by atoms with Gasteiger partial charge in [0.1, 0.15) is 11.8 Å². The van der Waals surface area contributed by atoms with E-state index in [2.05, 4.69) is 73.4 Å². The van der Waals surface area contributed by atoms with Crippen LogP contribution in [0.3, 0.4) is 0 Å². The minimum Gasteiger partial charge on any atom is -0.490 e. The molecule has 2 fully saturated rings. The van der Waals surface area contributed by atoms with Gasteiger partial charge in [-0.1, -0.05) is 6.07 Å². The number of nitrogens with zero attached hydrogens (tertiary/aromatic N) is 4. The number of hydrogen-bond acceptors (Lipinski definition) is 4. The zero-order valence-electron chi connectivity index (χ0n) is 19.3. The summed E-state index contributed by atoms with van der Waals surface area (Å²) in [5.41, 5.74) is 4.14. The molecule has 35 heavy (non-hydrogen) atoms. The Balaban J connectivity index is 1.39. The molecular weight excluding hydrogens is 454 g/mol. The highest BCUT2D eigenvalue weighted by Gasteiger charge is 2.42. The first kappa shape index (κ1) is 21.8. The van der Waals surface area contributed by atoms with E-state index in [4.69, 9.17) is 17.0 Å². The fourth-order valence-electron chi connectivity index (χ4n) is 5.19. The standard InChI is InChI=1S/C28H27N5OS/c35-28-31-26(24-8-3-4-16-30-24)27(25-9-5-19-32(25)20-14-17-29-18-15-20)33(28)21-10-12-23(13-11-21)34-22-6-1-2-7-22/h3-5,8-19,22,26-27H,1-2,6-7H2,(H,31,35). The highest BCUT2D eigenvalue weighted by Crippen LogP contribution is 2.42. The SMILES string of the molecule is S=C1NC(c2ccccn2)C(c2cccn2-c2ccncc2)N1c1ccc(OC2CCCC2)cc1. The number of benzene rings is 1. The van der Waals surface area contributed by atoms with Gasteiger partial charge >= 0.3 is 0 Å². The van der Waals surface area contributed by atoms with E-state index in [-0.39, 0.29) is 12.1 Å². The molecular formula is C28H27N5OS. The molecule has 176 valence electrons. The third kappa shape index (κ3) is 4.28. The summed E-state index contributed by atoms with van der Waals surface area (Å²) in [5.74, 6) is 0.914. The zero-order valence-corrected chi connectivity index (χ0v) is 20.1. The Morgan fingerprint density at radius 1 is 0.857 bits per heavy atom. The number of anilines is 1. The highest BCUT2D eigenvalue weighted by atomic mass is 32.1. The van der Waals surface area contributed by atoms with Crippen molar-refractivity contribution >= 4 is 23.0 Å². The summed E-state index contributed by atoms with van der Waals surface area (Å²) in [6.45, 7) is 0. The molecule has 6 rings (SSSR count). The van der Waals surface area contributed by atoms with Crippen LogP contribution in [0.2, 0.25) is 0 Å². The number of hydrogen-bond donors (Lipinski definition) is 1. The number of ether oxygens (including phenoxy) is 1. The molecule has 2 atom stereocenters. The van der Waals surface area contributed by atoms with Crippen LogP contribution in [0.25, 0.3) is 5.69 Å². The molecule has 2 aliphatic rings. The molecule has 3 aromatic heterocycles. The largest absolute Gasteiger partial charge is 0.490 e. The third-order valence-electron chi connectivity index (χ3n) is 6.84. The van der Waals surface area contributed by atoms with Gasteiger partial charge in [0, 0.05) is 41.9 Å². The van der Waals surface area contributed by atoms with Crippen molar-refractivity contribution in [1.82, 2.24) is 19.9 Å². The second-order valence-electron chi connectivity index (χ2n) is 9.02.